The van der Waals surface area contributed by atoms with E-state index in [0.717, 1.165) is 67.5 Å². The standard InChI is InChI=1S/C76H58N2/c1-47(49-17-9-7-10-18-49)41-65(54-26-33-61-63-35-28-56(45-69(63)75(3,4)67(61)43-54)73-39-30-51-21-13-15-23-71(51)77-73)59-37-38-60-58(48(59)2)32-25-53(50-19-11-8-12-20-50)42-66(60)55-27-34-62-64-36-29-57(46-70(64)76(5,6)68(62)44-55)74-40-31-52-22-14-16-24-72(52)78-74/h7-31,33-46H,1,32H2,2-6H3/b65-41-. The lowest BCUT2D eigenvalue weighted by molar-refractivity contribution is 0.660. The highest BCUT2D eigenvalue weighted by Crippen LogP contribution is 2.53. The molecular weight excluding hydrogens is 941 g/mol. The topological polar surface area (TPSA) is 25.8 Å². The van der Waals surface area contributed by atoms with E-state index in [1.165, 1.54) is 94.6 Å². The Hall–Kier alpha value is -9.24. The molecule has 0 fully saturated rings. The number of pyridine rings is 2. The van der Waals surface area contributed by atoms with E-state index in [2.05, 4.69) is 271 Å². The van der Waals surface area contributed by atoms with E-state index in [1.54, 1.807) is 0 Å². The number of nitrogens with zero attached hydrogens (tertiary/aromatic N) is 2. The molecule has 11 aromatic rings. The van der Waals surface area contributed by atoms with Crippen molar-refractivity contribution < 1.29 is 0 Å². The molecule has 0 aliphatic heterocycles. The molecule has 3 aliphatic carbocycles. The molecule has 2 heterocycles. The summed E-state index contributed by atoms with van der Waals surface area (Å²) in [6.07, 6.45) is 8.00. The van der Waals surface area contributed by atoms with Crippen LogP contribution >= 0.6 is 0 Å². The number of fused-ring (bicyclic) bond motifs is 9. The summed E-state index contributed by atoms with van der Waals surface area (Å²) < 4.78 is 0. The molecule has 0 N–H and O–H groups in total. The second kappa shape index (κ2) is 18.2. The van der Waals surface area contributed by atoms with Crippen molar-refractivity contribution in [3.8, 4) is 44.8 Å². The van der Waals surface area contributed by atoms with Crippen LogP contribution in [0.5, 0.6) is 0 Å². The van der Waals surface area contributed by atoms with Crippen molar-refractivity contribution in [3.63, 3.8) is 0 Å². The zero-order valence-corrected chi connectivity index (χ0v) is 44.8. The smallest absolute Gasteiger partial charge is 0.0709 e. The number of hydrogen-bond acceptors (Lipinski definition) is 2. The Balaban J connectivity index is 0.872. The third-order valence-electron chi connectivity index (χ3n) is 17.3. The fraction of sp³-hybridized carbons (Fsp3) is 0.105. The van der Waals surface area contributed by atoms with Gasteiger partial charge in [0, 0.05) is 32.7 Å². The highest BCUT2D eigenvalue weighted by atomic mass is 14.7. The lowest BCUT2D eigenvalue weighted by Crippen LogP contribution is -2.15. The summed E-state index contributed by atoms with van der Waals surface area (Å²) in [5.41, 5.74) is 30.7. The van der Waals surface area contributed by atoms with E-state index in [4.69, 9.17) is 16.5 Å². The van der Waals surface area contributed by atoms with E-state index in [1.807, 2.05) is 0 Å². The first-order chi connectivity index (χ1) is 38.0. The Bertz CT molecular complexity index is 4410. The first-order valence-corrected chi connectivity index (χ1v) is 27.4. The third kappa shape index (κ3) is 7.77. The van der Waals surface area contributed by atoms with Gasteiger partial charge in [0.2, 0.25) is 0 Å². The molecule has 0 atom stereocenters. The Morgan fingerprint density at radius 2 is 0.936 bits per heavy atom. The molecule has 2 nitrogen and oxygen atoms in total. The van der Waals surface area contributed by atoms with Crippen LogP contribution < -0.4 is 0 Å². The molecule has 372 valence electrons. The lowest BCUT2D eigenvalue weighted by Gasteiger charge is -2.24. The average Bonchev–Trinajstić information content (AvgIpc) is 3.81. The molecule has 0 spiro atoms. The second-order valence-corrected chi connectivity index (χ2v) is 22.6. The maximum atomic E-state index is 5.10. The number of rotatable bonds is 8. The number of benzene rings is 9. The van der Waals surface area contributed by atoms with Gasteiger partial charge in [0.1, 0.15) is 0 Å². The molecule has 14 rings (SSSR count). The molecule has 9 aromatic carbocycles. The van der Waals surface area contributed by atoms with Gasteiger partial charge in [0.25, 0.3) is 0 Å². The molecule has 2 aromatic heterocycles. The van der Waals surface area contributed by atoms with Crippen molar-refractivity contribution in [3.05, 3.63) is 310 Å². The van der Waals surface area contributed by atoms with Crippen LogP contribution in [0, 0.1) is 6.92 Å². The fourth-order valence-electron chi connectivity index (χ4n) is 12.9. The number of aromatic nitrogens is 2. The minimum Gasteiger partial charge on any atom is -0.248 e. The Morgan fingerprint density at radius 1 is 0.449 bits per heavy atom. The monoisotopic (exact) mass is 998 g/mol. The number of allylic oxidation sites excluding steroid dienone is 5. The summed E-state index contributed by atoms with van der Waals surface area (Å²) in [4.78, 5) is 10.2. The average molecular weight is 999 g/mol. The minimum atomic E-state index is -0.251. The van der Waals surface area contributed by atoms with Crippen LogP contribution in [0.15, 0.2) is 243 Å². The summed E-state index contributed by atoms with van der Waals surface area (Å²) in [5.74, 6) is 0. The van der Waals surface area contributed by atoms with Crippen molar-refractivity contribution in [1.82, 2.24) is 9.97 Å². The Kier molecular flexibility index (Phi) is 11.0. The maximum absolute atomic E-state index is 5.10. The van der Waals surface area contributed by atoms with Crippen molar-refractivity contribution in [2.75, 3.05) is 0 Å². The van der Waals surface area contributed by atoms with Crippen LogP contribution in [0.4, 0.5) is 0 Å². The van der Waals surface area contributed by atoms with Crippen LogP contribution in [0.1, 0.15) is 94.5 Å². The van der Waals surface area contributed by atoms with Gasteiger partial charge >= 0.3 is 0 Å². The predicted octanol–water partition coefficient (Wildman–Crippen LogP) is 19.3. The van der Waals surface area contributed by atoms with Gasteiger partial charge in [-0.3, -0.25) is 0 Å². The normalized spacial score (nSPS) is 14.7. The van der Waals surface area contributed by atoms with Gasteiger partial charge < -0.3 is 0 Å². The minimum absolute atomic E-state index is 0.233. The van der Waals surface area contributed by atoms with Crippen LogP contribution in [-0.4, -0.2) is 9.97 Å². The first-order valence-electron chi connectivity index (χ1n) is 27.4. The van der Waals surface area contributed by atoms with Crippen molar-refractivity contribution >= 4 is 44.1 Å². The van der Waals surface area contributed by atoms with Crippen molar-refractivity contribution in [1.29, 1.82) is 0 Å². The highest BCUT2D eigenvalue weighted by Gasteiger charge is 2.38. The van der Waals surface area contributed by atoms with Gasteiger partial charge in [-0.25, -0.2) is 9.97 Å². The van der Waals surface area contributed by atoms with Crippen LogP contribution in [-0.2, 0) is 17.3 Å². The Morgan fingerprint density at radius 3 is 1.53 bits per heavy atom. The highest BCUT2D eigenvalue weighted by molar-refractivity contribution is 5.98. The molecule has 78 heavy (non-hydrogen) atoms. The van der Waals surface area contributed by atoms with Gasteiger partial charge in [0.05, 0.1) is 22.4 Å². The zero-order valence-electron chi connectivity index (χ0n) is 44.8. The van der Waals surface area contributed by atoms with Crippen LogP contribution in [0.25, 0.3) is 88.9 Å². The van der Waals surface area contributed by atoms with Gasteiger partial charge in [-0.2, -0.15) is 0 Å². The summed E-state index contributed by atoms with van der Waals surface area (Å²) in [5, 5.41) is 2.30. The van der Waals surface area contributed by atoms with E-state index in [0.29, 0.717) is 0 Å². The van der Waals surface area contributed by atoms with Crippen molar-refractivity contribution in [2.24, 2.45) is 0 Å². The fourth-order valence-corrected chi connectivity index (χ4v) is 12.9. The molecule has 3 aliphatic rings. The van der Waals surface area contributed by atoms with Gasteiger partial charge in [-0.15, -0.1) is 0 Å². The molecule has 0 bridgehead atoms. The largest absolute Gasteiger partial charge is 0.248 e. The molecular formula is C76H58N2. The number of para-hydroxylation sites is 2. The predicted molar refractivity (Wildman–Crippen MR) is 328 cm³/mol. The quantitative estimate of drug-likeness (QED) is 0.142. The second-order valence-electron chi connectivity index (χ2n) is 22.6. The van der Waals surface area contributed by atoms with Crippen LogP contribution in [0.3, 0.4) is 0 Å². The molecule has 0 radical (unpaired) electrons. The number of hydrogen-bond donors (Lipinski definition) is 0. The van der Waals surface area contributed by atoms with E-state index in [9.17, 15) is 0 Å². The molecule has 2 heteroatoms. The molecule has 0 saturated heterocycles. The van der Waals surface area contributed by atoms with E-state index in [-0.39, 0.29) is 10.8 Å². The summed E-state index contributed by atoms with van der Waals surface area (Å²) in [7, 11) is 0. The van der Waals surface area contributed by atoms with Gasteiger partial charge in [0.15, 0.2) is 0 Å². The van der Waals surface area contributed by atoms with Gasteiger partial charge in [-0.05, 0) is 185 Å². The summed E-state index contributed by atoms with van der Waals surface area (Å²) in [6.45, 7) is 16.6. The third-order valence-corrected chi connectivity index (χ3v) is 17.3. The maximum Gasteiger partial charge on any atom is 0.0709 e. The Labute approximate surface area is 458 Å². The summed E-state index contributed by atoms with van der Waals surface area (Å²) >= 11 is 0. The van der Waals surface area contributed by atoms with E-state index >= 15 is 0 Å². The zero-order chi connectivity index (χ0) is 52.9. The SMILES string of the molecule is C=C(/C=C(/c1ccc2c(c1)C(C)(C)c1cc(-c3ccc4ccccc4n3)ccc1-2)c1ccc2c(c1C)CC=C(c1ccccc1)C=C2c1ccc2c(c1)C(C)(C)c1cc(-c3ccc4ccccc4n3)ccc1-2)c1ccccc1. The van der Waals surface area contributed by atoms with Crippen LogP contribution in [0.2, 0.25) is 0 Å². The first kappa shape index (κ1) is 47.2. The summed E-state index contributed by atoms with van der Waals surface area (Å²) in [6, 6.07) is 79.9. The van der Waals surface area contributed by atoms with Gasteiger partial charge in [-0.1, -0.05) is 210 Å². The molecule has 0 saturated carbocycles. The van der Waals surface area contributed by atoms with Crippen molar-refractivity contribution in [2.45, 2.75) is 51.9 Å². The molecule has 0 unspecified atom stereocenters. The lowest BCUT2D eigenvalue weighted by atomic mass is 9.79. The van der Waals surface area contributed by atoms with E-state index < -0.39 is 0 Å². The molecule has 0 amide bonds.